The highest BCUT2D eigenvalue weighted by Gasteiger charge is 2.37. The normalized spacial score (nSPS) is 15.2. The lowest BCUT2D eigenvalue weighted by Crippen LogP contribution is -2.53. The van der Waals surface area contributed by atoms with Crippen molar-refractivity contribution in [2.24, 2.45) is 0 Å². The molecule has 0 fully saturated rings. The lowest BCUT2D eigenvalue weighted by molar-refractivity contribution is 0.0479. The number of hydrogen-bond donors (Lipinski definition) is 2. The molecule has 0 radical (unpaired) electrons. The molecular formula is C15H23N3O2. The second-order valence-electron chi connectivity index (χ2n) is 4.91. The third-order valence-electron chi connectivity index (χ3n) is 3.71. The fourth-order valence-electron chi connectivity index (χ4n) is 1.95. The molecule has 1 unspecified atom stereocenters. The standard InChI is InChI=1S/C15H23N3O2/c1-12(15(2,11-16)18(4)9-10-19)20-14-8-6-5-7-13(14)17-3/h5-8,12,17,19H,9-10H2,1-4H3/t12-,15?/m1/s1. The van der Waals surface area contributed by atoms with E-state index in [0.717, 1.165) is 5.69 Å². The molecule has 2 atom stereocenters. The third-order valence-corrected chi connectivity index (χ3v) is 3.71. The van der Waals surface area contributed by atoms with Crippen LogP contribution in [0.1, 0.15) is 13.8 Å². The van der Waals surface area contributed by atoms with Crippen LogP contribution in [0.2, 0.25) is 0 Å². The van der Waals surface area contributed by atoms with Crippen molar-refractivity contribution in [3.8, 4) is 11.8 Å². The molecule has 0 aliphatic heterocycles. The molecule has 0 aliphatic carbocycles. The van der Waals surface area contributed by atoms with Crippen LogP contribution in [0.25, 0.3) is 0 Å². The van der Waals surface area contributed by atoms with Crippen LogP contribution in [0.3, 0.4) is 0 Å². The van der Waals surface area contributed by atoms with Crippen LogP contribution in [0.15, 0.2) is 24.3 Å². The first kappa shape index (κ1) is 16.3. The number of ether oxygens (including phenoxy) is 1. The Morgan fingerprint density at radius 1 is 1.50 bits per heavy atom. The maximum atomic E-state index is 9.49. The number of nitriles is 1. The van der Waals surface area contributed by atoms with Crippen LogP contribution in [0, 0.1) is 11.3 Å². The van der Waals surface area contributed by atoms with E-state index in [1.54, 1.807) is 4.90 Å². The number of β-amino-alcohol motifs (C(OH)–C–C–N with tert-alkyl or cyclic N) is 1. The van der Waals surface area contributed by atoms with Crippen LogP contribution in [0.5, 0.6) is 5.75 Å². The largest absolute Gasteiger partial charge is 0.486 e. The molecule has 1 aromatic carbocycles. The zero-order chi connectivity index (χ0) is 15.2. The van der Waals surface area contributed by atoms with Crippen molar-refractivity contribution in [3.05, 3.63) is 24.3 Å². The average molecular weight is 277 g/mol. The highest BCUT2D eigenvalue weighted by atomic mass is 16.5. The number of rotatable bonds is 7. The molecule has 0 aliphatic rings. The molecule has 5 nitrogen and oxygen atoms in total. The molecule has 0 heterocycles. The van der Waals surface area contributed by atoms with E-state index >= 15 is 0 Å². The third kappa shape index (κ3) is 3.41. The summed E-state index contributed by atoms with van der Waals surface area (Å²) in [7, 11) is 3.64. The Hall–Kier alpha value is -1.77. The van der Waals surface area contributed by atoms with E-state index in [2.05, 4.69) is 11.4 Å². The Bertz CT molecular complexity index is 472. The molecule has 0 aromatic heterocycles. The number of benzene rings is 1. The molecule has 2 N–H and O–H groups in total. The number of hydrogen-bond acceptors (Lipinski definition) is 5. The number of likely N-dealkylation sites (N-methyl/N-ethyl adjacent to an activating group) is 1. The van der Waals surface area contributed by atoms with E-state index in [9.17, 15) is 5.26 Å². The lowest BCUT2D eigenvalue weighted by atomic mass is 9.95. The number of para-hydroxylation sites is 2. The van der Waals surface area contributed by atoms with Gasteiger partial charge in [-0.1, -0.05) is 12.1 Å². The van der Waals surface area contributed by atoms with Gasteiger partial charge in [0.05, 0.1) is 18.4 Å². The van der Waals surface area contributed by atoms with Gasteiger partial charge in [0.15, 0.2) is 0 Å². The van der Waals surface area contributed by atoms with Crippen LogP contribution < -0.4 is 10.1 Å². The fourth-order valence-corrected chi connectivity index (χ4v) is 1.95. The highest BCUT2D eigenvalue weighted by Crippen LogP contribution is 2.28. The predicted molar refractivity (Wildman–Crippen MR) is 79.8 cm³/mol. The summed E-state index contributed by atoms with van der Waals surface area (Å²) in [5.74, 6) is 0.710. The monoisotopic (exact) mass is 277 g/mol. The van der Waals surface area contributed by atoms with Crippen molar-refractivity contribution in [1.29, 1.82) is 5.26 Å². The second-order valence-corrected chi connectivity index (χ2v) is 4.91. The zero-order valence-corrected chi connectivity index (χ0v) is 12.6. The highest BCUT2D eigenvalue weighted by molar-refractivity contribution is 5.55. The summed E-state index contributed by atoms with van der Waals surface area (Å²) in [5, 5.41) is 21.6. The summed E-state index contributed by atoms with van der Waals surface area (Å²) in [4.78, 5) is 1.81. The molecule has 0 saturated heterocycles. The van der Waals surface area contributed by atoms with Gasteiger partial charge < -0.3 is 15.2 Å². The summed E-state index contributed by atoms with van der Waals surface area (Å²) in [6.07, 6.45) is -0.349. The van der Waals surface area contributed by atoms with Gasteiger partial charge in [0.25, 0.3) is 0 Å². The SMILES string of the molecule is CNc1ccccc1O[C@H](C)C(C)(C#N)N(C)CCO. The van der Waals surface area contributed by atoms with E-state index < -0.39 is 5.54 Å². The number of aliphatic hydroxyl groups is 1. The molecule has 0 saturated carbocycles. The van der Waals surface area contributed by atoms with Crippen LogP contribution in [-0.4, -0.2) is 48.9 Å². The molecule has 1 aromatic rings. The first-order valence-electron chi connectivity index (χ1n) is 6.66. The summed E-state index contributed by atoms with van der Waals surface area (Å²) in [6, 6.07) is 9.89. The Balaban J connectivity index is 2.93. The first-order valence-corrected chi connectivity index (χ1v) is 6.66. The van der Waals surface area contributed by atoms with Gasteiger partial charge in [-0.05, 0) is 33.0 Å². The van der Waals surface area contributed by atoms with Crippen molar-refractivity contribution < 1.29 is 9.84 Å². The van der Waals surface area contributed by atoms with Gasteiger partial charge in [0.2, 0.25) is 0 Å². The molecule has 5 heteroatoms. The maximum Gasteiger partial charge on any atom is 0.143 e. The Labute approximate surface area is 120 Å². The van der Waals surface area contributed by atoms with Crippen molar-refractivity contribution in [1.82, 2.24) is 4.90 Å². The molecule has 20 heavy (non-hydrogen) atoms. The predicted octanol–water partition coefficient (Wildman–Crippen LogP) is 1.70. The molecular weight excluding hydrogens is 254 g/mol. The van der Waals surface area contributed by atoms with Crippen molar-refractivity contribution in [2.75, 3.05) is 32.6 Å². The van der Waals surface area contributed by atoms with Crippen LogP contribution in [0.4, 0.5) is 5.69 Å². The number of anilines is 1. The van der Waals surface area contributed by atoms with E-state index in [1.165, 1.54) is 0 Å². The topological polar surface area (TPSA) is 68.5 Å². The zero-order valence-electron chi connectivity index (χ0n) is 12.6. The Morgan fingerprint density at radius 2 is 2.15 bits per heavy atom. The van der Waals surface area contributed by atoms with E-state index in [4.69, 9.17) is 9.84 Å². The van der Waals surface area contributed by atoms with E-state index in [1.807, 2.05) is 52.2 Å². The summed E-state index contributed by atoms with van der Waals surface area (Å²) in [5.41, 5.74) is 0.0632. The van der Waals surface area contributed by atoms with Gasteiger partial charge in [-0.3, -0.25) is 4.90 Å². The average Bonchev–Trinajstić information content (AvgIpc) is 2.47. The quantitative estimate of drug-likeness (QED) is 0.794. The summed E-state index contributed by atoms with van der Waals surface area (Å²) >= 11 is 0. The van der Waals surface area contributed by atoms with Gasteiger partial charge in [-0.25, -0.2) is 0 Å². The van der Waals surface area contributed by atoms with Crippen LogP contribution >= 0.6 is 0 Å². The molecule has 0 spiro atoms. The molecule has 0 amide bonds. The minimum atomic E-state index is -0.816. The smallest absolute Gasteiger partial charge is 0.143 e. The lowest BCUT2D eigenvalue weighted by Gasteiger charge is -2.37. The Kier molecular flexibility index (Phi) is 5.81. The summed E-state index contributed by atoms with van der Waals surface area (Å²) in [6.45, 7) is 4.11. The minimum absolute atomic E-state index is 0.00753. The van der Waals surface area contributed by atoms with Gasteiger partial charge >= 0.3 is 0 Å². The van der Waals surface area contributed by atoms with Gasteiger partial charge in [-0.2, -0.15) is 5.26 Å². The molecule has 1 rings (SSSR count). The van der Waals surface area contributed by atoms with Gasteiger partial charge in [0, 0.05) is 13.6 Å². The number of nitrogens with zero attached hydrogens (tertiary/aromatic N) is 2. The van der Waals surface area contributed by atoms with E-state index in [0.29, 0.717) is 12.3 Å². The first-order chi connectivity index (χ1) is 9.49. The Morgan fingerprint density at radius 3 is 2.70 bits per heavy atom. The second kappa shape index (κ2) is 7.13. The molecule has 0 bridgehead atoms. The van der Waals surface area contributed by atoms with Crippen molar-refractivity contribution >= 4 is 5.69 Å². The number of nitrogens with one attached hydrogen (secondary N) is 1. The van der Waals surface area contributed by atoms with Crippen molar-refractivity contribution in [2.45, 2.75) is 25.5 Å². The van der Waals surface area contributed by atoms with Crippen LogP contribution in [-0.2, 0) is 0 Å². The van der Waals surface area contributed by atoms with Gasteiger partial charge in [-0.15, -0.1) is 0 Å². The number of aliphatic hydroxyl groups excluding tert-OH is 1. The fraction of sp³-hybridized carbons (Fsp3) is 0.533. The van der Waals surface area contributed by atoms with Gasteiger partial charge in [0.1, 0.15) is 17.4 Å². The minimum Gasteiger partial charge on any atom is -0.486 e. The van der Waals surface area contributed by atoms with E-state index in [-0.39, 0.29) is 12.7 Å². The van der Waals surface area contributed by atoms with Crippen molar-refractivity contribution in [3.63, 3.8) is 0 Å². The molecule has 110 valence electrons. The summed E-state index contributed by atoms with van der Waals surface area (Å²) < 4.78 is 5.95. The maximum absolute atomic E-state index is 9.49.